The minimum atomic E-state index is -0.0631. The molecule has 17 heavy (non-hydrogen) atoms. The quantitative estimate of drug-likeness (QED) is 0.817. The molecule has 0 aromatic carbocycles. The van der Waals surface area contributed by atoms with E-state index in [1.54, 1.807) is 6.20 Å². The first-order valence-electron chi connectivity index (χ1n) is 5.59. The molecule has 2 aromatic rings. The van der Waals surface area contributed by atoms with Crippen LogP contribution in [0.3, 0.4) is 0 Å². The molecule has 0 atom stereocenters. The highest BCUT2D eigenvalue weighted by atomic mass is 79.9. The summed E-state index contributed by atoms with van der Waals surface area (Å²) in [7, 11) is 0. The fourth-order valence-electron chi connectivity index (χ4n) is 2.31. The number of pyridine rings is 1. The second-order valence-corrected chi connectivity index (χ2v) is 4.98. The zero-order valence-electron chi connectivity index (χ0n) is 9.15. The highest BCUT2D eigenvalue weighted by Crippen LogP contribution is 2.24. The monoisotopic (exact) mass is 297 g/mol. The lowest BCUT2D eigenvalue weighted by molar-refractivity contribution is 0.0698. The molecule has 1 N–H and O–H groups in total. The average Bonchev–Trinajstić information content (AvgIpc) is 2.65. The fraction of sp³-hybridized carbons (Fsp3) is 0.455. The lowest BCUT2D eigenvalue weighted by Crippen LogP contribution is -2.27. The Kier molecular flexibility index (Phi) is 2.76. The summed E-state index contributed by atoms with van der Waals surface area (Å²) in [6, 6.07) is 2.10. The summed E-state index contributed by atoms with van der Waals surface area (Å²) in [4.78, 5) is 18.9. The molecule has 5 nitrogen and oxygen atoms in total. The number of imidazole rings is 1. The lowest BCUT2D eigenvalue weighted by atomic mass is 10.1. The van der Waals surface area contributed by atoms with Crippen molar-refractivity contribution in [1.29, 1.82) is 0 Å². The van der Waals surface area contributed by atoms with Gasteiger partial charge in [-0.1, -0.05) is 0 Å². The Morgan fingerprint density at radius 2 is 2.24 bits per heavy atom. The number of hydrogen-bond acceptors (Lipinski definition) is 3. The molecule has 2 aromatic heterocycles. The van der Waals surface area contributed by atoms with Crippen LogP contribution in [0.5, 0.6) is 0 Å². The van der Waals surface area contributed by atoms with E-state index in [1.807, 2.05) is 10.6 Å². The van der Waals surface area contributed by atoms with Crippen molar-refractivity contribution in [3.05, 3.63) is 27.4 Å². The van der Waals surface area contributed by atoms with Crippen molar-refractivity contribution in [2.24, 2.45) is 0 Å². The van der Waals surface area contributed by atoms with Gasteiger partial charge in [-0.3, -0.25) is 4.57 Å². The van der Waals surface area contributed by atoms with E-state index in [4.69, 9.17) is 4.74 Å². The summed E-state index contributed by atoms with van der Waals surface area (Å²) in [6.45, 7) is 1.44. The Balaban J connectivity index is 2.16. The zero-order valence-corrected chi connectivity index (χ0v) is 10.7. The van der Waals surface area contributed by atoms with E-state index in [1.165, 1.54) is 0 Å². The van der Waals surface area contributed by atoms with Crippen LogP contribution < -0.4 is 5.69 Å². The van der Waals surface area contributed by atoms with Gasteiger partial charge in [0.15, 0.2) is 0 Å². The molecule has 0 amide bonds. The summed E-state index contributed by atoms with van der Waals surface area (Å²) in [5.41, 5.74) is 1.63. The fourth-order valence-corrected chi connectivity index (χ4v) is 2.63. The van der Waals surface area contributed by atoms with Crippen LogP contribution in [0, 0.1) is 0 Å². The highest BCUT2D eigenvalue weighted by Gasteiger charge is 2.20. The van der Waals surface area contributed by atoms with Gasteiger partial charge in [-0.25, -0.2) is 9.78 Å². The van der Waals surface area contributed by atoms with E-state index in [0.717, 1.165) is 41.7 Å². The summed E-state index contributed by atoms with van der Waals surface area (Å²) in [6.07, 6.45) is 3.44. The van der Waals surface area contributed by atoms with Crippen LogP contribution in [0.2, 0.25) is 0 Å². The molecule has 1 aliphatic rings. The third-order valence-electron chi connectivity index (χ3n) is 3.12. The Morgan fingerprint density at radius 1 is 1.47 bits per heavy atom. The minimum absolute atomic E-state index is 0.0631. The van der Waals surface area contributed by atoms with Crippen molar-refractivity contribution in [2.45, 2.75) is 18.9 Å². The van der Waals surface area contributed by atoms with Crippen LogP contribution in [-0.4, -0.2) is 27.7 Å². The smallest absolute Gasteiger partial charge is 0.326 e. The van der Waals surface area contributed by atoms with Crippen LogP contribution in [0.25, 0.3) is 11.0 Å². The molecule has 0 unspecified atom stereocenters. The Morgan fingerprint density at radius 3 is 3.00 bits per heavy atom. The topological polar surface area (TPSA) is 59.9 Å². The Bertz CT molecular complexity index is 598. The maximum atomic E-state index is 12.0. The molecule has 90 valence electrons. The first-order valence-corrected chi connectivity index (χ1v) is 6.38. The van der Waals surface area contributed by atoms with E-state index in [0.29, 0.717) is 0 Å². The summed E-state index contributed by atoms with van der Waals surface area (Å²) >= 11 is 3.33. The summed E-state index contributed by atoms with van der Waals surface area (Å²) in [5, 5.41) is 0. The van der Waals surface area contributed by atoms with Crippen LogP contribution in [0.15, 0.2) is 21.7 Å². The largest absolute Gasteiger partial charge is 0.381 e. The molecule has 1 saturated heterocycles. The molecule has 3 heterocycles. The maximum Gasteiger partial charge on any atom is 0.326 e. The Labute approximate surface area is 106 Å². The molecule has 0 saturated carbocycles. The molecule has 0 radical (unpaired) electrons. The lowest BCUT2D eigenvalue weighted by Gasteiger charge is -2.23. The summed E-state index contributed by atoms with van der Waals surface area (Å²) in [5.74, 6) is 0. The zero-order chi connectivity index (χ0) is 11.8. The molecular formula is C11H12BrN3O2. The van der Waals surface area contributed by atoms with Crippen molar-refractivity contribution in [3.63, 3.8) is 0 Å². The number of nitrogens with zero attached hydrogens (tertiary/aromatic N) is 2. The number of hydrogen-bond donors (Lipinski definition) is 1. The van der Waals surface area contributed by atoms with Crippen LogP contribution in [0.4, 0.5) is 0 Å². The van der Waals surface area contributed by atoms with Gasteiger partial charge >= 0.3 is 5.69 Å². The second kappa shape index (κ2) is 4.27. The third-order valence-corrected chi connectivity index (χ3v) is 3.56. The number of H-pyrrole nitrogens is 1. The van der Waals surface area contributed by atoms with Crippen molar-refractivity contribution in [3.8, 4) is 0 Å². The Hall–Kier alpha value is -1.14. The van der Waals surface area contributed by atoms with Gasteiger partial charge in [-0.15, -0.1) is 0 Å². The van der Waals surface area contributed by atoms with Gasteiger partial charge in [0.05, 0.1) is 17.2 Å². The predicted octanol–water partition coefficient (Wildman–Crippen LogP) is 1.84. The molecule has 1 fully saturated rings. The van der Waals surface area contributed by atoms with Gasteiger partial charge in [-0.2, -0.15) is 0 Å². The van der Waals surface area contributed by atoms with Crippen LogP contribution >= 0.6 is 15.9 Å². The van der Waals surface area contributed by atoms with Gasteiger partial charge in [0.2, 0.25) is 0 Å². The number of rotatable bonds is 1. The molecular weight excluding hydrogens is 286 g/mol. The average molecular weight is 298 g/mol. The van der Waals surface area contributed by atoms with E-state index in [-0.39, 0.29) is 11.7 Å². The van der Waals surface area contributed by atoms with Crippen LogP contribution in [-0.2, 0) is 4.74 Å². The SMILES string of the molecule is O=c1[nH]c2cnc(Br)cc2n1C1CCOCC1. The number of aromatic nitrogens is 3. The van der Waals surface area contributed by atoms with Gasteiger partial charge in [0.1, 0.15) is 4.60 Å². The van der Waals surface area contributed by atoms with E-state index >= 15 is 0 Å². The van der Waals surface area contributed by atoms with Crippen molar-refractivity contribution < 1.29 is 4.74 Å². The van der Waals surface area contributed by atoms with E-state index in [2.05, 4.69) is 25.9 Å². The third kappa shape index (κ3) is 1.91. The number of nitrogens with one attached hydrogen (secondary N) is 1. The van der Waals surface area contributed by atoms with Gasteiger partial charge in [0, 0.05) is 19.3 Å². The molecule has 1 aliphatic heterocycles. The normalized spacial score (nSPS) is 17.7. The van der Waals surface area contributed by atoms with E-state index in [9.17, 15) is 4.79 Å². The van der Waals surface area contributed by atoms with Gasteiger partial charge < -0.3 is 9.72 Å². The summed E-state index contributed by atoms with van der Waals surface area (Å²) < 4.78 is 7.89. The van der Waals surface area contributed by atoms with E-state index < -0.39 is 0 Å². The predicted molar refractivity (Wildman–Crippen MR) is 67.1 cm³/mol. The second-order valence-electron chi connectivity index (χ2n) is 4.17. The molecule has 3 rings (SSSR count). The van der Waals surface area contributed by atoms with Crippen LogP contribution in [0.1, 0.15) is 18.9 Å². The molecule has 0 bridgehead atoms. The number of ether oxygens (including phenoxy) is 1. The van der Waals surface area contributed by atoms with Crippen molar-refractivity contribution in [1.82, 2.24) is 14.5 Å². The number of fused-ring (bicyclic) bond motifs is 1. The molecule has 6 heteroatoms. The highest BCUT2D eigenvalue weighted by molar-refractivity contribution is 9.10. The first-order chi connectivity index (χ1) is 8.25. The molecule has 0 aliphatic carbocycles. The maximum absolute atomic E-state index is 12.0. The standard InChI is InChI=1S/C11H12BrN3O2/c12-10-5-9-8(6-13-10)14-11(16)15(9)7-1-3-17-4-2-7/h5-7H,1-4H2,(H,14,16). The first kappa shape index (κ1) is 11.0. The number of halogens is 1. The minimum Gasteiger partial charge on any atom is -0.381 e. The van der Waals surface area contributed by atoms with Gasteiger partial charge in [0.25, 0.3) is 0 Å². The van der Waals surface area contributed by atoms with Gasteiger partial charge in [-0.05, 0) is 34.8 Å². The molecule has 0 spiro atoms. The number of aromatic amines is 1. The van der Waals surface area contributed by atoms with Crippen molar-refractivity contribution >= 4 is 27.0 Å². The van der Waals surface area contributed by atoms with Crippen molar-refractivity contribution in [2.75, 3.05) is 13.2 Å².